The largest absolute Gasteiger partial charge is 0.416 e. The van der Waals surface area contributed by atoms with E-state index in [4.69, 9.17) is 0 Å². The molecule has 2 heterocycles. The monoisotopic (exact) mass is 453 g/mol. The zero-order chi connectivity index (χ0) is 18.6. The predicted molar refractivity (Wildman–Crippen MR) is 109 cm³/mol. The fraction of sp³-hybridized carbons (Fsp3) is 0.333. The molecule has 3 rings (SSSR count). The van der Waals surface area contributed by atoms with E-state index in [2.05, 4.69) is 21.7 Å². The first-order chi connectivity index (χ1) is 12.4. The van der Waals surface area contributed by atoms with Crippen molar-refractivity contribution in [1.82, 2.24) is 15.6 Å². The van der Waals surface area contributed by atoms with Crippen molar-refractivity contribution in [3.05, 3.63) is 52.6 Å². The summed E-state index contributed by atoms with van der Waals surface area (Å²) in [4.78, 5) is 16.4. The first-order valence-corrected chi connectivity index (χ1v) is 9.07. The molecular formula is C18H20Cl2F3N3OS. The third-order valence-electron chi connectivity index (χ3n) is 4.00. The third-order valence-corrected chi connectivity index (χ3v) is 4.94. The Bertz CT molecular complexity index is 824. The molecule has 0 fully saturated rings. The van der Waals surface area contributed by atoms with Gasteiger partial charge in [-0.3, -0.25) is 4.79 Å². The second-order valence-corrected chi connectivity index (χ2v) is 6.85. The van der Waals surface area contributed by atoms with E-state index in [0.29, 0.717) is 22.8 Å². The Morgan fingerprint density at radius 2 is 2.07 bits per heavy atom. The molecule has 1 aliphatic rings. The highest BCUT2D eigenvalue weighted by atomic mass is 35.5. The molecule has 0 spiro atoms. The number of alkyl halides is 3. The van der Waals surface area contributed by atoms with E-state index in [-0.39, 0.29) is 37.1 Å². The average Bonchev–Trinajstić information content (AvgIpc) is 3.09. The van der Waals surface area contributed by atoms with Crippen LogP contribution in [0.1, 0.15) is 17.7 Å². The Kier molecular flexibility index (Phi) is 9.43. The maximum atomic E-state index is 12.8. The number of nitrogens with zero attached hydrogens (tertiary/aromatic N) is 1. The molecule has 0 aliphatic carbocycles. The predicted octanol–water partition coefficient (Wildman–Crippen LogP) is 4.25. The molecule has 0 bridgehead atoms. The van der Waals surface area contributed by atoms with Gasteiger partial charge in [0.1, 0.15) is 5.01 Å². The van der Waals surface area contributed by atoms with Crippen LogP contribution >= 0.6 is 36.2 Å². The fourth-order valence-electron chi connectivity index (χ4n) is 2.62. The van der Waals surface area contributed by atoms with Crippen molar-refractivity contribution in [3.8, 4) is 10.6 Å². The number of halogens is 5. The molecule has 0 saturated heterocycles. The van der Waals surface area contributed by atoms with Gasteiger partial charge in [0.2, 0.25) is 5.91 Å². The summed E-state index contributed by atoms with van der Waals surface area (Å²) < 4.78 is 38.5. The average molecular weight is 454 g/mol. The van der Waals surface area contributed by atoms with Crippen molar-refractivity contribution in [2.45, 2.75) is 19.0 Å². The lowest BCUT2D eigenvalue weighted by molar-refractivity contribution is -0.137. The van der Waals surface area contributed by atoms with Crippen LogP contribution in [-0.4, -0.2) is 30.5 Å². The van der Waals surface area contributed by atoms with E-state index in [1.54, 1.807) is 11.4 Å². The smallest absolute Gasteiger partial charge is 0.352 e. The number of hydrogen-bond acceptors (Lipinski definition) is 4. The lowest BCUT2D eigenvalue weighted by atomic mass is 10.1. The van der Waals surface area contributed by atoms with Gasteiger partial charge in [0, 0.05) is 24.0 Å². The maximum absolute atomic E-state index is 12.8. The van der Waals surface area contributed by atoms with Crippen LogP contribution in [0.25, 0.3) is 10.6 Å². The molecule has 4 nitrogen and oxygen atoms in total. The van der Waals surface area contributed by atoms with Crippen LogP contribution < -0.4 is 10.6 Å². The lowest BCUT2D eigenvalue weighted by Crippen LogP contribution is -2.30. The molecule has 0 saturated carbocycles. The molecule has 1 aliphatic heterocycles. The van der Waals surface area contributed by atoms with Crippen LogP contribution in [0.15, 0.2) is 41.3 Å². The highest BCUT2D eigenvalue weighted by molar-refractivity contribution is 7.13. The number of rotatable bonds is 5. The zero-order valence-electron chi connectivity index (χ0n) is 14.7. The van der Waals surface area contributed by atoms with Crippen molar-refractivity contribution in [3.63, 3.8) is 0 Å². The first-order valence-electron chi connectivity index (χ1n) is 8.19. The number of aromatic nitrogens is 1. The fourth-order valence-corrected chi connectivity index (χ4v) is 3.44. The molecule has 1 amide bonds. The van der Waals surface area contributed by atoms with Crippen LogP contribution in [-0.2, 0) is 17.4 Å². The maximum Gasteiger partial charge on any atom is 0.416 e. The van der Waals surface area contributed by atoms with E-state index in [1.807, 2.05) is 0 Å². The summed E-state index contributed by atoms with van der Waals surface area (Å²) in [6.07, 6.45) is -1.30. The standard InChI is InChI=1S/C18H18F3N3OS.2ClH/c19-18(20,21)14-3-1-2-13(8-14)17-24-15(11-26-17)9-16(25)23-10-12-4-6-22-7-5-12;;/h1-4,8,11,22H,5-7,9-10H2,(H,23,25);2*1H. The van der Waals surface area contributed by atoms with Crippen molar-refractivity contribution in [2.24, 2.45) is 0 Å². The molecule has 0 radical (unpaired) electrons. The summed E-state index contributed by atoms with van der Waals surface area (Å²) in [7, 11) is 0. The van der Waals surface area contributed by atoms with Gasteiger partial charge >= 0.3 is 6.18 Å². The van der Waals surface area contributed by atoms with E-state index in [1.165, 1.54) is 23.0 Å². The SMILES string of the molecule is Cl.Cl.O=C(Cc1csc(-c2cccc(C(F)(F)F)c2)n1)NCC1=CCNCC1. The van der Waals surface area contributed by atoms with E-state index >= 15 is 0 Å². The molecular weight excluding hydrogens is 434 g/mol. The number of benzene rings is 1. The van der Waals surface area contributed by atoms with Crippen molar-refractivity contribution >= 4 is 42.1 Å². The van der Waals surface area contributed by atoms with Gasteiger partial charge < -0.3 is 10.6 Å². The minimum Gasteiger partial charge on any atom is -0.352 e. The van der Waals surface area contributed by atoms with Gasteiger partial charge in [-0.15, -0.1) is 36.2 Å². The van der Waals surface area contributed by atoms with Gasteiger partial charge in [0.15, 0.2) is 0 Å². The molecule has 1 aromatic carbocycles. The van der Waals surface area contributed by atoms with Gasteiger partial charge in [-0.25, -0.2) is 4.98 Å². The highest BCUT2D eigenvalue weighted by Gasteiger charge is 2.30. The zero-order valence-corrected chi connectivity index (χ0v) is 17.2. The topological polar surface area (TPSA) is 54.0 Å². The number of amides is 1. The number of hydrogen-bond donors (Lipinski definition) is 2. The summed E-state index contributed by atoms with van der Waals surface area (Å²) >= 11 is 1.23. The summed E-state index contributed by atoms with van der Waals surface area (Å²) in [6.45, 7) is 2.25. The van der Waals surface area contributed by atoms with E-state index < -0.39 is 11.7 Å². The first kappa shape index (κ1) is 24.4. The number of thiazole rings is 1. The summed E-state index contributed by atoms with van der Waals surface area (Å²) in [5, 5.41) is 8.24. The molecule has 10 heteroatoms. The van der Waals surface area contributed by atoms with Crippen LogP contribution in [0.5, 0.6) is 0 Å². The van der Waals surface area contributed by atoms with Crippen LogP contribution in [0, 0.1) is 0 Å². The number of nitrogens with one attached hydrogen (secondary N) is 2. The molecule has 28 heavy (non-hydrogen) atoms. The minimum absolute atomic E-state index is 0. The van der Waals surface area contributed by atoms with Gasteiger partial charge in [0.25, 0.3) is 0 Å². The second kappa shape index (κ2) is 10.8. The molecule has 0 unspecified atom stereocenters. The van der Waals surface area contributed by atoms with Crippen LogP contribution in [0.4, 0.5) is 13.2 Å². The number of carbonyl (C=O) groups is 1. The van der Waals surface area contributed by atoms with Crippen LogP contribution in [0.3, 0.4) is 0 Å². The Morgan fingerprint density at radius 1 is 1.29 bits per heavy atom. The van der Waals surface area contributed by atoms with Crippen molar-refractivity contribution in [1.29, 1.82) is 0 Å². The summed E-state index contributed by atoms with van der Waals surface area (Å²) in [5.41, 5.74) is 1.44. The summed E-state index contributed by atoms with van der Waals surface area (Å²) in [5.74, 6) is -0.148. The minimum atomic E-state index is -4.39. The van der Waals surface area contributed by atoms with Crippen molar-refractivity contribution in [2.75, 3.05) is 19.6 Å². The van der Waals surface area contributed by atoms with Gasteiger partial charge in [-0.2, -0.15) is 13.2 Å². The Labute approximate surface area is 177 Å². The second-order valence-electron chi connectivity index (χ2n) is 5.99. The highest BCUT2D eigenvalue weighted by Crippen LogP contribution is 2.33. The molecule has 2 N–H and O–H groups in total. The molecule has 1 aromatic heterocycles. The van der Waals surface area contributed by atoms with Gasteiger partial charge in [-0.05, 0) is 25.1 Å². The van der Waals surface area contributed by atoms with E-state index in [9.17, 15) is 18.0 Å². The summed E-state index contributed by atoms with van der Waals surface area (Å²) in [6, 6.07) is 5.05. The van der Waals surface area contributed by atoms with Crippen molar-refractivity contribution < 1.29 is 18.0 Å². The molecule has 154 valence electrons. The molecule has 2 aromatic rings. The Balaban J connectivity index is 0.00000196. The lowest BCUT2D eigenvalue weighted by Gasteiger charge is -2.14. The normalized spacial score (nSPS) is 13.8. The Morgan fingerprint density at radius 3 is 2.75 bits per heavy atom. The number of carbonyl (C=O) groups excluding carboxylic acids is 1. The Hall–Kier alpha value is -1.61. The molecule has 0 atom stereocenters. The van der Waals surface area contributed by atoms with E-state index in [0.717, 1.165) is 31.6 Å². The van der Waals surface area contributed by atoms with Gasteiger partial charge in [-0.1, -0.05) is 23.8 Å². The van der Waals surface area contributed by atoms with Gasteiger partial charge in [0.05, 0.1) is 17.7 Å². The third kappa shape index (κ3) is 6.77. The quantitative estimate of drug-likeness (QED) is 0.665. The van der Waals surface area contributed by atoms with Crippen LogP contribution in [0.2, 0.25) is 0 Å².